The van der Waals surface area contributed by atoms with Crippen LogP contribution >= 0.6 is 11.3 Å². The summed E-state index contributed by atoms with van der Waals surface area (Å²) in [6.07, 6.45) is 2.51. The molecule has 7 nitrogen and oxygen atoms in total. The number of nitrogens with one attached hydrogen (secondary N) is 1. The van der Waals surface area contributed by atoms with Crippen molar-refractivity contribution in [1.29, 1.82) is 0 Å². The van der Waals surface area contributed by atoms with Crippen LogP contribution in [-0.2, 0) is 6.54 Å². The molecule has 174 valence electrons. The predicted molar refractivity (Wildman–Crippen MR) is 131 cm³/mol. The number of methoxy groups -OCH3 is 1. The van der Waals surface area contributed by atoms with E-state index in [0.717, 1.165) is 36.5 Å². The van der Waals surface area contributed by atoms with Crippen molar-refractivity contribution in [2.24, 2.45) is 0 Å². The maximum atomic E-state index is 13.2. The first-order valence-corrected chi connectivity index (χ1v) is 12.0. The zero-order chi connectivity index (χ0) is 23.2. The van der Waals surface area contributed by atoms with Gasteiger partial charge in [-0.25, -0.2) is 4.98 Å². The highest BCUT2D eigenvalue weighted by atomic mass is 32.1. The first-order chi connectivity index (χ1) is 16.1. The number of thiophene rings is 1. The lowest BCUT2D eigenvalue weighted by atomic mass is 10.1. The molecule has 1 atom stereocenters. The molecule has 1 aliphatic rings. The standard InChI is InChI=1S/C25H30N4O3S/c1-26-10-8-23(19-9-13-33-17-19)32-20-6-4-18(5-7-20)16-29-12-11-28(2)22-14-24(31-3)27-15-21(22)25(29)30/h4-7,9,13-15,17,23,26H,8,10-12,16H2,1-3H3. The van der Waals surface area contributed by atoms with E-state index in [1.54, 1.807) is 24.6 Å². The number of aromatic nitrogens is 1. The maximum absolute atomic E-state index is 13.2. The Balaban J connectivity index is 1.45. The van der Waals surface area contributed by atoms with Crippen LogP contribution in [0.3, 0.4) is 0 Å². The molecule has 33 heavy (non-hydrogen) atoms. The third-order valence-corrected chi connectivity index (χ3v) is 6.55. The summed E-state index contributed by atoms with van der Waals surface area (Å²) in [4.78, 5) is 21.4. The molecule has 1 amide bonds. The molecule has 0 bridgehead atoms. The second-order valence-electron chi connectivity index (χ2n) is 8.09. The summed E-state index contributed by atoms with van der Waals surface area (Å²) in [5.41, 5.74) is 3.70. The summed E-state index contributed by atoms with van der Waals surface area (Å²) >= 11 is 1.68. The topological polar surface area (TPSA) is 66.9 Å². The summed E-state index contributed by atoms with van der Waals surface area (Å²) in [5.74, 6) is 1.32. The van der Waals surface area contributed by atoms with E-state index in [9.17, 15) is 4.79 Å². The van der Waals surface area contributed by atoms with Gasteiger partial charge < -0.3 is 24.6 Å². The number of hydrogen-bond acceptors (Lipinski definition) is 7. The lowest BCUT2D eigenvalue weighted by Crippen LogP contribution is -2.33. The highest BCUT2D eigenvalue weighted by Gasteiger charge is 2.26. The monoisotopic (exact) mass is 466 g/mol. The molecule has 1 aliphatic heterocycles. The Kier molecular flexibility index (Phi) is 7.47. The normalized spacial score (nSPS) is 14.6. The Hall–Kier alpha value is -3.10. The quantitative estimate of drug-likeness (QED) is 0.515. The third kappa shape index (κ3) is 5.46. The molecule has 3 heterocycles. The Morgan fingerprint density at radius 2 is 2.03 bits per heavy atom. The van der Waals surface area contributed by atoms with Crippen molar-refractivity contribution in [2.45, 2.75) is 19.1 Å². The van der Waals surface area contributed by atoms with Gasteiger partial charge in [0.2, 0.25) is 5.88 Å². The second-order valence-corrected chi connectivity index (χ2v) is 8.87. The number of nitrogens with zero attached hydrogens (tertiary/aromatic N) is 3. The number of rotatable bonds is 9. The van der Waals surface area contributed by atoms with E-state index in [2.05, 4.69) is 32.0 Å². The van der Waals surface area contributed by atoms with Gasteiger partial charge in [0, 0.05) is 50.9 Å². The summed E-state index contributed by atoms with van der Waals surface area (Å²) in [6.45, 7) is 2.79. The minimum Gasteiger partial charge on any atom is -0.486 e. The van der Waals surface area contributed by atoms with Gasteiger partial charge in [-0.3, -0.25) is 4.79 Å². The first kappa shape index (κ1) is 23.1. The molecule has 2 aromatic heterocycles. The van der Waals surface area contributed by atoms with E-state index >= 15 is 0 Å². The van der Waals surface area contributed by atoms with E-state index in [4.69, 9.17) is 9.47 Å². The van der Waals surface area contributed by atoms with E-state index < -0.39 is 0 Å². The molecule has 0 saturated heterocycles. The lowest BCUT2D eigenvalue weighted by molar-refractivity contribution is 0.0754. The molecular formula is C25H30N4O3S. The van der Waals surface area contributed by atoms with Crippen LogP contribution in [0.25, 0.3) is 0 Å². The molecule has 3 aromatic rings. The molecule has 0 fully saturated rings. The van der Waals surface area contributed by atoms with E-state index in [1.807, 2.05) is 49.3 Å². The van der Waals surface area contributed by atoms with Crippen LogP contribution in [-0.4, -0.2) is 56.6 Å². The SMILES string of the molecule is CNCCC(Oc1ccc(CN2CCN(C)c3cc(OC)ncc3C2=O)cc1)c1ccsc1. The molecule has 8 heteroatoms. The maximum Gasteiger partial charge on any atom is 0.257 e. The van der Waals surface area contributed by atoms with Gasteiger partial charge in [-0.05, 0) is 48.1 Å². The molecule has 0 aliphatic carbocycles. The van der Waals surface area contributed by atoms with Crippen LogP contribution in [0, 0.1) is 0 Å². The zero-order valence-electron chi connectivity index (χ0n) is 19.3. The minimum absolute atomic E-state index is 0.0123. The average molecular weight is 467 g/mol. The number of amides is 1. The van der Waals surface area contributed by atoms with Crippen LogP contribution in [0.4, 0.5) is 5.69 Å². The predicted octanol–water partition coefficient (Wildman–Crippen LogP) is 3.97. The van der Waals surface area contributed by atoms with Crippen LogP contribution in [0.2, 0.25) is 0 Å². The van der Waals surface area contributed by atoms with Crippen molar-refractivity contribution in [2.75, 3.05) is 45.7 Å². The van der Waals surface area contributed by atoms with Gasteiger partial charge in [0.1, 0.15) is 11.9 Å². The zero-order valence-corrected chi connectivity index (χ0v) is 20.1. The number of fused-ring (bicyclic) bond motifs is 1. The van der Waals surface area contributed by atoms with Crippen LogP contribution in [0.15, 0.2) is 53.4 Å². The molecule has 1 aromatic carbocycles. The van der Waals surface area contributed by atoms with Crippen molar-refractivity contribution >= 4 is 22.9 Å². The van der Waals surface area contributed by atoms with Crippen molar-refractivity contribution < 1.29 is 14.3 Å². The summed E-state index contributed by atoms with van der Waals surface area (Å²) in [6, 6.07) is 12.0. The van der Waals surface area contributed by atoms with Crippen molar-refractivity contribution in [1.82, 2.24) is 15.2 Å². The minimum atomic E-state index is -0.0191. The van der Waals surface area contributed by atoms with Crippen molar-refractivity contribution in [3.8, 4) is 11.6 Å². The molecule has 4 rings (SSSR count). The Morgan fingerprint density at radius 3 is 2.73 bits per heavy atom. The van der Waals surface area contributed by atoms with Crippen molar-refractivity contribution in [3.63, 3.8) is 0 Å². The number of benzene rings is 1. The van der Waals surface area contributed by atoms with Crippen LogP contribution in [0.1, 0.15) is 34.0 Å². The summed E-state index contributed by atoms with van der Waals surface area (Å²) < 4.78 is 11.5. The number of anilines is 1. The smallest absolute Gasteiger partial charge is 0.257 e. The van der Waals surface area contributed by atoms with Gasteiger partial charge in [0.05, 0.1) is 18.4 Å². The van der Waals surface area contributed by atoms with E-state index in [1.165, 1.54) is 5.56 Å². The second kappa shape index (κ2) is 10.7. The van der Waals surface area contributed by atoms with Gasteiger partial charge in [-0.1, -0.05) is 12.1 Å². The fourth-order valence-corrected chi connectivity index (χ4v) is 4.62. The lowest BCUT2D eigenvalue weighted by Gasteiger charge is -2.22. The van der Waals surface area contributed by atoms with Gasteiger partial charge in [-0.15, -0.1) is 0 Å². The van der Waals surface area contributed by atoms with Gasteiger partial charge in [0.15, 0.2) is 0 Å². The highest BCUT2D eigenvalue weighted by Crippen LogP contribution is 2.29. The average Bonchev–Trinajstić information content (AvgIpc) is 3.35. The number of hydrogen-bond donors (Lipinski definition) is 1. The highest BCUT2D eigenvalue weighted by molar-refractivity contribution is 7.07. The molecule has 0 radical (unpaired) electrons. The van der Waals surface area contributed by atoms with Crippen LogP contribution < -0.4 is 19.7 Å². The number of carbonyl (C=O) groups is 1. The largest absolute Gasteiger partial charge is 0.486 e. The molecule has 1 N–H and O–H groups in total. The molecular weight excluding hydrogens is 436 g/mol. The fraction of sp³-hybridized carbons (Fsp3) is 0.360. The van der Waals surface area contributed by atoms with Crippen molar-refractivity contribution in [3.05, 3.63) is 70.0 Å². The Bertz CT molecular complexity index is 1060. The Labute approximate surface area is 199 Å². The van der Waals surface area contributed by atoms with E-state index in [-0.39, 0.29) is 12.0 Å². The number of pyridine rings is 1. The number of likely N-dealkylation sites (N-methyl/N-ethyl adjacent to an activating group) is 1. The summed E-state index contributed by atoms with van der Waals surface area (Å²) in [7, 11) is 5.52. The van der Waals surface area contributed by atoms with Crippen LogP contribution in [0.5, 0.6) is 11.6 Å². The molecule has 0 saturated carbocycles. The van der Waals surface area contributed by atoms with E-state index in [0.29, 0.717) is 24.5 Å². The van der Waals surface area contributed by atoms with Gasteiger partial charge in [-0.2, -0.15) is 11.3 Å². The molecule has 0 spiro atoms. The third-order valence-electron chi connectivity index (χ3n) is 5.85. The Morgan fingerprint density at radius 1 is 1.21 bits per heavy atom. The number of carbonyl (C=O) groups excluding carboxylic acids is 1. The van der Waals surface area contributed by atoms with Gasteiger partial charge >= 0.3 is 0 Å². The number of ether oxygens (including phenoxy) is 2. The first-order valence-electron chi connectivity index (χ1n) is 11.1. The molecule has 1 unspecified atom stereocenters. The summed E-state index contributed by atoms with van der Waals surface area (Å²) in [5, 5.41) is 7.41. The fourth-order valence-electron chi connectivity index (χ4n) is 3.92. The van der Waals surface area contributed by atoms with Gasteiger partial charge in [0.25, 0.3) is 5.91 Å².